The van der Waals surface area contributed by atoms with Crippen molar-refractivity contribution in [3.8, 4) is 0 Å². The summed E-state index contributed by atoms with van der Waals surface area (Å²) in [6.45, 7) is 3.45. The minimum absolute atomic E-state index is 0.0161. The molecule has 0 aromatic heterocycles. The highest BCUT2D eigenvalue weighted by Gasteiger charge is 2.45. The van der Waals surface area contributed by atoms with Gasteiger partial charge in [0.15, 0.2) is 0 Å². The molecule has 2 aliphatic rings. The van der Waals surface area contributed by atoms with Crippen LogP contribution in [0.5, 0.6) is 0 Å². The number of rotatable bonds is 4. The molecule has 0 saturated carbocycles. The van der Waals surface area contributed by atoms with Crippen molar-refractivity contribution < 1.29 is 19.0 Å². The Morgan fingerprint density at radius 3 is 2.88 bits per heavy atom. The molecule has 5 heteroatoms. The van der Waals surface area contributed by atoms with Crippen LogP contribution in [0.25, 0.3) is 0 Å². The molecule has 2 aliphatic heterocycles. The van der Waals surface area contributed by atoms with Gasteiger partial charge in [0.25, 0.3) is 0 Å². The van der Waals surface area contributed by atoms with Crippen LogP contribution in [-0.2, 0) is 19.0 Å². The standard InChI is InChI=1S/C11H19NO4/c1-2-14-9(13)4-3-7-5-15-11-8(12)6-16-10(7)11/h7-8,10-11H,2-6,12H2,1H3/t7-,8-,10+,11+/m0/s1. The average molecular weight is 229 g/mol. The maximum absolute atomic E-state index is 11.2. The van der Waals surface area contributed by atoms with Gasteiger partial charge in [0.1, 0.15) is 6.10 Å². The van der Waals surface area contributed by atoms with Gasteiger partial charge in [-0.15, -0.1) is 0 Å². The molecular weight excluding hydrogens is 210 g/mol. The first kappa shape index (κ1) is 11.8. The van der Waals surface area contributed by atoms with Crippen LogP contribution in [0.15, 0.2) is 0 Å². The normalized spacial score (nSPS) is 37.4. The lowest BCUT2D eigenvalue weighted by Crippen LogP contribution is -2.35. The van der Waals surface area contributed by atoms with E-state index in [-0.39, 0.29) is 30.1 Å². The monoisotopic (exact) mass is 229 g/mol. The summed E-state index contributed by atoms with van der Waals surface area (Å²) in [4.78, 5) is 11.2. The third kappa shape index (κ3) is 2.36. The summed E-state index contributed by atoms with van der Waals surface area (Å²) in [5, 5.41) is 0. The molecule has 0 spiro atoms. The van der Waals surface area contributed by atoms with Crippen molar-refractivity contribution in [3.63, 3.8) is 0 Å². The second kappa shape index (κ2) is 5.12. The molecule has 4 atom stereocenters. The number of fused-ring (bicyclic) bond motifs is 1. The van der Waals surface area contributed by atoms with E-state index in [4.69, 9.17) is 19.9 Å². The quantitative estimate of drug-likeness (QED) is 0.691. The summed E-state index contributed by atoms with van der Waals surface area (Å²) in [6.07, 6.45) is 1.28. The van der Waals surface area contributed by atoms with E-state index >= 15 is 0 Å². The zero-order chi connectivity index (χ0) is 11.5. The van der Waals surface area contributed by atoms with E-state index in [2.05, 4.69) is 0 Å². The van der Waals surface area contributed by atoms with Gasteiger partial charge in [-0.3, -0.25) is 4.79 Å². The van der Waals surface area contributed by atoms with Crippen LogP contribution in [0.2, 0.25) is 0 Å². The molecule has 2 rings (SSSR count). The van der Waals surface area contributed by atoms with Gasteiger partial charge in [0.2, 0.25) is 0 Å². The molecular formula is C11H19NO4. The third-order valence-electron chi connectivity index (χ3n) is 3.22. The first-order valence-electron chi connectivity index (χ1n) is 5.86. The summed E-state index contributed by atoms with van der Waals surface area (Å²) >= 11 is 0. The second-order valence-electron chi connectivity index (χ2n) is 4.36. The van der Waals surface area contributed by atoms with Crippen LogP contribution in [-0.4, -0.2) is 44.0 Å². The van der Waals surface area contributed by atoms with E-state index in [0.717, 1.165) is 6.42 Å². The maximum Gasteiger partial charge on any atom is 0.305 e. The lowest BCUT2D eigenvalue weighted by molar-refractivity contribution is -0.143. The van der Waals surface area contributed by atoms with Crippen molar-refractivity contribution in [1.82, 2.24) is 0 Å². The van der Waals surface area contributed by atoms with Crippen LogP contribution in [0, 0.1) is 5.92 Å². The number of esters is 1. The van der Waals surface area contributed by atoms with Crippen LogP contribution in [0.3, 0.4) is 0 Å². The second-order valence-corrected chi connectivity index (χ2v) is 4.36. The molecule has 0 unspecified atom stereocenters. The third-order valence-corrected chi connectivity index (χ3v) is 3.22. The van der Waals surface area contributed by atoms with Gasteiger partial charge < -0.3 is 19.9 Å². The Kier molecular flexibility index (Phi) is 3.78. The van der Waals surface area contributed by atoms with E-state index in [1.807, 2.05) is 6.92 Å². The van der Waals surface area contributed by atoms with E-state index < -0.39 is 0 Å². The van der Waals surface area contributed by atoms with Crippen molar-refractivity contribution in [2.24, 2.45) is 11.7 Å². The largest absolute Gasteiger partial charge is 0.466 e. The van der Waals surface area contributed by atoms with Crippen LogP contribution < -0.4 is 5.73 Å². The summed E-state index contributed by atoms with van der Waals surface area (Å²) in [6, 6.07) is -0.0161. The maximum atomic E-state index is 11.2. The Balaban J connectivity index is 1.77. The SMILES string of the molecule is CCOC(=O)CC[C@H]1CO[C@H]2[C@@H]1OC[C@@H]2N. The van der Waals surface area contributed by atoms with Crippen molar-refractivity contribution in [2.45, 2.75) is 38.0 Å². The fraction of sp³-hybridized carbons (Fsp3) is 0.909. The van der Waals surface area contributed by atoms with Crippen molar-refractivity contribution >= 4 is 5.97 Å². The fourth-order valence-electron chi connectivity index (χ4n) is 2.39. The molecule has 0 aromatic carbocycles. The minimum atomic E-state index is -0.145. The van der Waals surface area contributed by atoms with Crippen molar-refractivity contribution in [2.75, 3.05) is 19.8 Å². The Morgan fingerprint density at radius 1 is 1.38 bits per heavy atom. The predicted molar refractivity (Wildman–Crippen MR) is 56.8 cm³/mol. The molecule has 2 N–H and O–H groups in total. The summed E-state index contributed by atoms with van der Waals surface area (Å²) in [5.74, 6) is 0.135. The van der Waals surface area contributed by atoms with Crippen molar-refractivity contribution in [3.05, 3.63) is 0 Å². The molecule has 0 aliphatic carbocycles. The molecule has 0 amide bonds. The lowest BCUT2D eigenvalue weighted by atomic mass is 9.96. The Labute approximate surface area is 95.2 Å². The highest BCUT2D eigenvalue weighted by molar-refractivity contribution is 5.69. The highest BCUT2D eigenvalue weighted by Crippen LogP contribution is 2.32. The zero-order valence-corrected chi connectivity index (χ0v) is 9.56. The number of hydrogen-bond acceptors (Lipinski definition) is 5. The van der Waals surface area contributed by atoms with E-state index in [1.54, 1.807) is 0 Å². The van der Waals surface area contributed by atoms with Gasteiger partial charge in [-0.2, -0.15) is 0 Å². The van der Waals surface area contributed by atoms with E-state index in [0.29, 0.717) is 26.2 Å². The molecule has 5 nitrogen and oxygen atoms in total. The number of carbonyl (C=O) groups is 1. The van der Waals surface area contributed by atoms with E-state index in [9.17, 15) is 4.79 Å². The summed E-state index contributed by atoms with van der Waals surface area (Å²) in [5.41, 5.74) is 5.84. The average Bonchev–Trinajstić information content (AvgIpc) is 2.80. The smallest absolute Gasteiger partial charge is 0.305 e. The fourth-order valence-corrected chi connectivity index (χ4v) is 2.39. The van der Waals surface area contributed by atoms with Crippen molar-refractivity contribution in [1.29, 1.82) is 0 Å². The van der Waals surface area contributed by atoms with Gasteiger partial charge >= 0.3 is 5.97 Å². The Morgan fingerprint density at radius 2 is 2.12 bits per heavy atom. The molecule has 0 radical (unpaired) electrons. The molecule has 16 heavy (non-hydrogen) atoms. The zero-order valence-electron chi connectivity index (χ0n) is 9.56. The molecule has 0 bridgehead atoms. The van der Waals surface area contributed by atoms with Gasteiger partial charge in [-0.1, -0.05) is 0 Å². The Bertz CT molecular complexity index is 258. The van der Waals surface area contributed by atoms with Gasteiger partial charge in [-0.05, 0) is 13.3 Å². The summed E-state index contributed by atoms with van der Waals surface area (Å²) < 4.78 is 16.1. The van der Waals surface area contributed by atoms with Gasteiger partial charge in [0.05, 0.1) is 32.0 Å². The number of hydrogen-bond donors (Lipinski definition) is 1. The first-order valence-corrected chi connectivity index (χ1v) is 5.86. The summed E-state index contributed by atoms with van der Waals surface area (Å²) in [7, 11) is 0. The van der Waals surface area contributed by atoms with Crippen LogP contribution in [0.1, 0.15) is 19.8 Å². The molecule has 2 saturated heterocycles. The van der Waals surface area contributed by atoms with Crippen LogP contribution in [0.4, 0.5) is 0 Å². The topological polar surface area (TPSA) is 70.8 Å². The predicted octanol–water partition coefficient (Wildman–Crippen LogP) is 0.0708. The minimum Gasteiger partial charge on any atom is -0.466 e. The number of nitrogens with two attached hydrogens (primary N) is 1. The van der Waals surface area contributed by atoms with Gasteiger partial charge in [0, 0.05) is 12.3 Å². The lowest BCUT2D eigenvalue weighted by Gasteiger charge is -2.15. The van der Waals surface area contributed by atoms with E-state index in [1.165, 1.54) is 0 Å². The molecule has 2 heterocycles. The molecule has 2 fully saturated rings. The Hall–Kier alpha value is -0.650. The number of ether oxygens (including phenoxy) is 3. The van der Waals surface area contributed by atoms with Gasteiger partial charge in [-0.25, -0.2) is 0 Å². The number of carbonyl (C=O) groups excluding carboxylic acids is 1. The molecule has 92 valence electrons. The highest BCUT2D eigenvalue weighted by atomic mass is 16.6. The van der Waals surface area contributed by atoms with Crippen LogP contribution >= 0.6 is 0 Å². The first-order chi connectivity index (χ1) is 7.72. The molecule has 0 aromatic rings.